The highest BCUT2D eigenvalue weighted by Crippen LogP contribution is 2.22. The monoisotopic (exact) mass is 247 g/mol. The van der Waals surface area contributed by atoms with Gasteiger partial charge in [-0.25, -0.2) is 4.98 Å². The number of rotatable bonds is 5. The number of hydrogen-bond donors (Lipinski definition) is 1. The Balaban J connectivity index is 2.16. The van der Waals surface area contributed by atoms with Gasteiger partial charge in [0.25, 0.3) is 0 Å². The normalized spacial score (nSPS) is 12.4. The molecule has 1 N–H and O–H groups in total. The van der Waals surface area contributed by atoms with E-state index in [-0.39, 0.29) is 12.5 Å². The Kier molecular flexibility index (Phi) is 3.99. The molecule has 0 aliphatic carbocycles. The minimum absolute atomic E-state index is 0.000156. The first-order valence-corrected chi connectivity index (χ1v) is 5.91. The molecule has 0 saturated heterocycles. The molecule has 0 saturated carbocycles. The van der Waals surface area contributed by atoms with Crippen LogP contribution in [0.4, 0.5) is 0 Å². The number of ether oxygens (including phenoxy) is 1. The fourth-order valence-electron chi connectivity index (χ4n) is 1.74. The van der Waals surface area contributed by atoms with Crippen LogP contribution < -0.4 is 4.74 Å². The molecule has 96 valence electrons. The molecule has 2 aromatic rings. The van der Waals surface area contributed by atoms with E-state index in [1.165, 1.54) is 0 Å². The molecule has 0 aliphatic rings. The van der Waals surface area contributed by atoms with Gasteiger partial charge in [-0.05, 0) is 6.07 Å². The second-order valence-corrected chi connectivity index (χ2v) is 4.24. The summed E-state index contributed by atoms with van der Waals surface area (Å²) in [6.07, 6.45) is 2.19. The number of aliphatic hydroxyl groups excluding tert-OH is 1. The van der Waals surface area contributed by atoms with Gasteiger partial charge in [0.1, 0.15) is 12.0 Å². The standard InChI is InChI=1S/C14H17NO3/c1-10(8-16)12-9-18-14(15-12)7-11-5-3-4-6-13(11)17-2/h3-6,9-10,16H,7-8H2,1-2H3. The minimum Gasteiger partial charge on any atom is -0.496 e. The van der Waals surface area contributed by atoms with Gasteiger partial charge in [0, 0.05) is 11.5 Å². The third-order valence-electron chi connectivity index (χ3n) is 2.88. The molecule has 0 spiro atoms. The summed E-state index contributed by atoms with van der Waals surface area (Å²) in [7, 11) is 1.65. The van der Waals surface area contributed by atoms with Crippen LogP contribution in [0, 0.1) is 0 Å². The van der Waals surface area contributed by atoms with E-state index in [0.717, 1.165) is 17.0 Å². The van der Waals surface area contributed by atoms with Crippen LogP contribution in [0.15, 0.2) is 34.9 Å². The Morgan fingerprint density at radius 3 is 2.89 bits per heavy atom. The lowest BCUT2D eigenvalue weighted by Gasteiger charge is -2.05. The first-order valence-electron chi connectivity index (χ1n) is 5.91. The number of oxazole rings is 1. The average Bonchev–Trinajstić information content (AvgIpc) is 2.87. The Bertz CT molecular complexity index is 507. The van der Waals surface area contributed by atoms with Gasteiger partial charge < -0.3 is 14.3 Å². The summed E-state index contributed by atoms with van der Waals surface area (Å²) < 4.78 is 10.7. The number of aromatic nitrogens is 1. The van der Waals surface area contributed by atoms with E-state index in [1.807, 2.05) is 31.2 Å². The smallest absolute Gasteiger partial charge is 0.198 e. The second-order valence-electron chi connectivity index (χ2n) is 4.24. The van der Waals surface area contributed by atoms with Gasteiger partial charge in [0.05, 0.1) is 25.8 Å². The van der Waals surface area contributed by atoms with Crippen LogP contribution in [0.2, 0.25) is 0 Å². The van der Waals surface area contributed by atoms with Crippen LogP contribution in [0.5, 0.6) is 5.75 Å². The first kappa shape index (κ1) is 12.6. The predicted octanol–water partition coefficient (Wildman–Crippen LogP) is 2.37. The van der Waals surface area contributed by atoms with E-state index in [0.29, 0.717) is 12.3 Å². The lowest BCUT2D eigenvalue weighted by Crippen LogP contribution is -2.00. The Morgan fingerprint density at radius 1 is 1.39 bits per heavy atom. The molecular formula is C14H17NO3. The van der Waals surface area contributed by atoms with Crippen LogP contribution in [0.25, 0.3) is 0 Å². The molecule has 1 unspecified atom stereocenters. The zero-order chi connectivity index (χ0) is 13.0. The van der Waals surface area contributed by atoms with E-state index in [1.54, 1.807) is 13.4 Å². The van der Waals surface area contributed by atoms with Crippen LogP contribution in [0.1, 0.15) is 30.0 Å². The highest BCUT2D eigenvalue weighted by Gasteiger charge is 2.12. The van der Waals surface area contributed by atoms with Crippen LogP contribution >= 0.6 is 0 Å². The molecule has 1 atom stereocenters. The largest absolute Gasteiger partial charge is 0.496 e. The van der Waals surface area contributed by atoms with Crippen molar-refractivity contribution in [3.05, 3.63) is 47.7 Å². The molecule has 0 bridgehead atoms. The number of hydrogen-bond acceptors (Lipinski definition) is 4. The molecule has 0 aliphatic heterocycles. The molecule has 1 heterocycles. The van der Waals surface area contributed by atoms with E-state index in [4.69, 9.17) is 14.3 Å². The van der Waals surface area contributed by atoms with Crippen molar-refractivity contribution < 1.29 is 14.3 Å². The van der Waals surface area contributed by atoms with E-state index < -0.39 is 0 Å². The number of nitrogens with zero attached hydrogens (tertiary/aromatic N) is 1. The molecule has 4 heteroatoms. The van der Waals surface area contributed by atoms with E-state index >= 15 is 0 Å². The lowest BCUT2D eigenvalue weighted by molar-refractivity contribution is 0.271. The summed E-state index contributed by atoms with van der Waals surface area (Å²) in [6, 6.07) is 7.78. The third kappa shape index (κ3) is 2.71. The fourth-order valence-corrected chi connectivity index (χ4v) is 1.74. The van der Waals surface area contributed by atoms with E-state index in [2.05, 4.69) is 4.98 Å². The second kappa shape index (κ2) is 5.69. The van der Waals surface area contributed by atoms with Gasteiger partial charge in [-0.2, -0.15) is 0 Å². The average molecular weight is 247 g/mol. The van der Waals surface area contributed by atoms with Crippen molar-refractivity contribution in [2.75, 3.05) is 13.7 Å². The lowest BCUT2D eigenvalue weighted by atomic mass is 10.1. The maximum Gasteiger partial charge on any atom is 0.198 e. The molecule has 0 amide bonds. The van der Waals surface area contributed by atoms with Gasteiger partial charge in [0.2, 0.25) is 0 Å². The third-order valence-corrected chi connectivity index (χ3v) is 2.88. The van der Waals surface area contributed by atoms with Crippen molar-refractivity contribution in [2.45, 2.75) is 19.3 Å². The highest BCUT2D eigenvalue weighted by atomic mass is 16.5. The molecule has 4 nitrogen and oxygen atoms in total. The minimum atomic E-state index is 0.000156. The van der Waals surface area contributed by atoms with Crippen molar-refractivity contribution in [2.24, 2.45) is 0 Å². The van der Waals surface area contributed by atoms with Crippen LogP contribution in [-0.2, 0) is 6.42 Å². The highest BCUT2D eigenvalue weighted by molar-refractivity contribution is 5.35. The Labute approximate surface area is 106 Å². The Hall–Kier alpha value is -1.81. The summed E-state index contributed by atoms with van der Waals surface area (Å²) in [5, 5.41) is 9.07. The number of methoxy groups -OCH3 is 1. The maximum absolute atomic E-state index is 9.07. The molecular weight excluding hydrogens is 230 g/mol. The first-order chi connectivity index (χ1) is 8.74. The molecule has 18 heavy (non-hydrogen) atoms. The molecule has 0 fully saturated rings. The van der Waals surface area contributed by atoms with E-state index in [9.17, 15) is 0 Å². The zero-order valence-corrected chi connectivity index (χ0v) is 10.6. The topological polar surface area (TPSA) is 55.5 Å². The number of aliphatic hydroxyl groups is 1. The van der Waals surface area contributed by atoms with Gasteiger partial charge in [-0.3, -0.25) is 0 Å². The van der Waals surface area contributed by atoms with Crippen LogP contribution in [0.3, 0.4) is 0 Å². The molecule has 1 aromatic heterocycles. The SMILES string of the molecule is COc1ccccc1Cc1nc(C(C)CO)co1. The summed E-state index contributed by atoms with van der Waals surface area (Å²) in [4.78, 5) is 4.37. The van der Waals surface area contributed by atoms with Crippen molar-refractivity contribution >= 4 is 0 Å². The van der Waals surface area contributed by atoms with Gasteiger partial charge in [-0.1, -0.05) is 25.1 Å². The predicted molar refractivity (Wildman–Crippen MR) is 67.8 cm³/mol. The number of benzene rings is 1. The summed E-state index contributed by atoms with van der Waals surface area (Å²) >= 11 is 0. The number of para-hydroxylation sites is 1. The zero-order valence-electron chi connectivity index (χ0n) is 10.6. The maximum atomic E-state index is 9.07. The molecule has 2 rings (SSSR count). The Morgan fingerprint density at radius 2 is 2.17 bits per heavy atom. The quantitative estimate of drug-likeness (QED) is 0.881. The summed E-state index contributed by atoms with van der Waals surface area (Å²) in [5.41, 5.74) is 1.81. The summed E-state index contributed by atoms with van der Waals surface area (Å²) in [5.74, 6) is 1.46. The molecule has 1 aromatic carbocycles. The van der Waals surface area contributed by atoms with Crippen LogP contribution in [-0.4, -0.2) is 23.8 Å². The van der Waals surface area contributed by atoms with Gasteiger partial charge in [-0.15, -0.1) is 0 Å². The molecule has 0 radical (unpaired) electrons. The van der Waals surface area contributed by atoms with Crippen molar-refractivity contribution in [1.82, 2.24) is 4.98 Å². The van der Waals surface area contributed by atoms with Gasteiger partial charge >= 0.3 is 0 Å². The van der Waals surface area contributed by atoms with Crippen molar-refractivity contribution in [3.63, 3.8) is 0 Å². The van der Waals surface area contributed by atoms with Gasteiger partial charge in [0.15, 0.2) is 5.89 Å². The summed E-state index contributed by atoms with van der Waals surface area (Å²) in [6.45, 7) is 1.98. The van der Waals surface area contributed by atoms with Crippen molar-refractivity contribution in [3.8, 4) is 5.75 Å². The fraction of sp³-hybridized carbons (Fsp3) is 0.357. The van der Waals surface area contributed by atoms with Crippen molar-refractivity contribution in [1.29, 1.82) is 0 Å².